The minimum Gasteiger partial charge on any atom is -0.258 e. The molecule has 0 aromatic carbocycles. The molecule has 0 saturated heterocycles. The lowest BCUT2D eigenvalue weighted by Gasteiger charge is -2.07. The molecule has 0 N–H and O–H groups in total. The smallest absolute Gasteiger partial charge is 0.161 e. The van der Waals surface area contributed by atoms with Crippen LogP contribution in [0.3, 0.4) is 0 Å². The van der Waals surface area contributed by atoms with E-state index in [1.165, 1.54) is 0 Å². The first-order valence-electron chi connectivity index (χ1n) is 6.29. The lowest BCUT2D eigenvalue weighted by atomic mass is 10.1. The highest BCUT2D eigenvalue weighted by Crippen LogP contribution is 2.22. The van der Waals surface area contributed by atoms with Gasteiger partial charge in [-0.2, -0.15) is 10.2 Å². The lowest BCUT2D eigenvalue weighted by molar-refractivity contribution is 1.02. The molecule has 0 aliphatic carbocycles. The maximum Gasteiger partial charge on any atom is 0.161 e. The zero-order valence-corrected chi connectivity index (χ0v) is 11.3. The Labute approximate surface area is 116 Å². The molecule has 0 amide bonds. The highest BCUT2D eigenvalue weighted by atomic mass is 15.1. The number of aromatic nitrogens is 5. The fourth-order valence-electron chi connectivity index (χ4n) is 2.03. The molecule has 0 fully saturated rings. The van der Waals surface area contributed by atoms with E-state index in [0.717, 1.165) is 28.2 Å². The van der Waals surface area contributed by atoms with Gasteiger partial charge in [-0.05, 0) is 38.1 Å². The molecule has 3 aromatic rings. The summed E-state index contributed by atoms with van der Waals surface area (Å²) in [5, 5.41) is 7.61. The number of pyridine rings is 1. The van der Waals surface area contributed by atoms with Crippen molar-refractivity contribution in [3.05, 3.63) is 54.2 Å². The summed E-state index contributed by atoms with van der Waals surface area (Å²) in [7, 11) is 0. The number of hydrogen-bond acceptors (Lipinski definition) is 5. The maximum atomic E-state index is 4.58. The third kappa shape index (κ3) is 2.38. The number of hydrogen-bond donors (Lipinski definition) is 0. The van der Waals surface area contributed by atoms with Gasteiger partial charge in [-0.25, -0.2) is 9.97 Å². The molecule has 0 aliphatic heterocycles. The molecule has 0 bridgehead atoms. The van der Waals surface area contributed by atoms with Gasteiger partial charge < -0.3 is 0 Å². The van der Waals surface area contributed by atoms with Gasteiger partial charge in [-0.1, -0.05) is 0 Å². The van der Waals surface area contributed by atoms with Gasteiger partial charge in [0.05, 0.1) is 18.1 Å². The van der Waals surface area contributed by atoms with Gasteiger partial charge in [-0.15, -0.1) is 0 Å². The molecule has 0 aliphatic rings. The molecule has 0 spiro atoms. The molecule has 98 valence electrons. The average molecular weight is 263 g/mol. The molecular weight excluding hydrogens is 250 g/mol. The van der Waals surface area contributed by atoms with E-state index in [4.69, 9.17) is 0 Å². The minimum absolute atomic E-state index is 0.636. The van der Waals surface area contributed by atoms with Crippen molar-refractivity contribution in [1.82, 2.24) is 25.1 Å². The van der Waals surface area contributed by atoms with Crippen LogP contribution in [0.1, 0.15) is 11.4 Å². The van der Waals surface area contributed by atoms with E-state index in [1.807, 2.05) is 38.1 Å². The zero-order chi connectivity index (χ0) is 13.9. The second kappa shape index (κ2) is 5.13. The van der Waals surface area contributed by atoms with E-state index in [-0.39, 0.29) is 0 Å². The standard InChI is InChI=1S/C15H13N5/c1-10-3-4-13(11(2)19-10)14-6-7-16-15(20-14)12-5-8-17-18-9-12/h3-9H,1-2H3. The van der Waals surface area contributed by atoms with Crippen LogP contribution in [0.2, 0.25) is 0 Å². The highest BCUT2D eigenvalue weighted by molar-refractivity contribution is 5.64. The summed E-state index contributed by atoms with van der Waals surface area (Å²) in [6, 6.07) is 7.75. The summed E-state index contributed by atoms with van der Waals surface area (Å²) < 4.78 is 0. The Morgan fingerprint density at radius 1 is 0.850 bits per heavy atom. The predicted octanol–water partition coefficient (Wildman–Crippen LogP) is 2.61. The highest BCUT2D eigenvalue weighted by Gasteiger charge is 2.07. The first-order valence-corrected chi connectivity index (χ1v) is 6.29. The monoisotopic (exact) mass is 263 g/mol. The summed E-state index contributed by atoms with van der Waals surface area (Å²) in [5.74, 6) is 0.636. The third-order valence-electron chi connectivity index (χ3n) is 3.00. The van der Waals surface area contributed by atoms with E-state index in [1.54, 1.807) is 18.6 Å². The summed E-state index contributed by atoms with van der Waals surface area (Å²) in [6.07, 6.45) is 5.03. The van der Waals surface area contributed by atoms with Crippen LogP contribution in [0.5, 0.6) is 0 Å². The predicted molar refractivity (Wildman–Crippen MR) is 75.8 cm³/mol. The third-order valence-corrected chi connectivity index (χ3v) is 3.00. The van der Waals surface area contributed by atoms with Crippen molar-refractivity contribution in [3.8, 4) is 22.6 Å². The Balaban J connectivity index is 2.08. The van der Waals surface area contributed by atoms with E-state index < -0.39 is 0 Å². The van der Waals surface area contributed by atoms with Crippen molar-refractivity contribution < 1.29 is 0 Å². The first kappa shape index (κ1) is 12.3. The van der Waals surface area contributed by atoms with Crippen LogP contribution >= 0.6 is 0 Å². The Kier molecular flexibility index (Phi) is 3.16. The molecule has 0 saturated carbocycles. The molecule has 3 aromatic heterocycles. The molecule has 5 nitrogen and oxygen atoms in total. The Bertz CT molecular complexity index is 740. The van der Waals surface area contributed by atoms with Gasteiger partial charge in [0.1, 0.15) is 0 Å². The van der Waals surface area contributed by atoms with E-state index in [9.17, 15) is 0 Å². The number of rotatable bonds is 2. The number of nitrogens with zero attached hydrogens (tertiary/aromatic N) is 5. The van der Waals surface area contributed by atoms with Crippen molar-refractivity contribution >= 4 is 0 Å². The van der Waals surface area contributed by atoms with Crippen molar-refractivity contribution in [3.63, 3.8) is 0 Å². The van der Waals surface area contributed by atoms with Gasteiger partial charge in [0.25, 0.3) is 0 Å². The molecular formula is C15H13N5. The Morgan fingerprint density at radius 3 is 2.50 bits per heavy atom. The topological polar surface area (TPSA) is 64.5 Å². The van der Waals surface area contributed by atoms with Crippen molar-refractivity contribution in [1.29, 1.82) is 0 Å². The lowest BCUT2D eigenvalue weighted by Crippen LogP contribution is -1.96. The molecule has 5 heteroatoms. The van der Waals surface area contributed by atoms with Crippen molar-refractivity contribution in [2.45, 2.75) is 13.8 Å². The van der Waals surface area contributed by atoms with Crippen LogP contribution in [0, 0.1) is 13.8 Å². The van der Waals surface area contributed by atoms with Gasteiger partial charge >= 0.3 is 0 Å². The van der Waals surface area contributed by atoms with Crippen LogP contribution in [0.4, 0.5) is 0 Å². The summed E-state index contributed by atoms with van der Waals surface area (Å²) in [4.78, 5) is 13.3. The van der Waals surface area contributed by atoms with E-state index >= 15 is 0 Å². The van der Waals surface area contributed by atoms with Crippen LogP contribution in [0.25, 0.3) is 22.6 Å². The molecule has 20 heavy (non-hydrogen) atoms. The minimum atomic E-state index is 0.636. The molecule has 0 unspecified atom stereocenters. The Hall–Kier alpha value is -2.69. The quantitative estimate of drug-likeness (QED) is 0.711. The molecule has 3 rings (SSSR count). The summed E-state index contributed by atoms with van der Waals surface area (Å²) >= 11 is 0. The fraction of sp³-hybridized carbons (Fsp3) is 0.133. The van der Waals surface area contributed by atoms with Gasteiger partial charge in [0.2, 0.25) is 0 Å². The number of aryl methyl sites for hydroxylation is 2. The van der Waals surface area contributed by atoms with Crippen LogP contribution in [-0.2, 0) is 0 Å². The van der Waals surface area contributed by atoms with Crippen molar-refractivity contribution in [2.75, 3.05) is 0 Å². The van der Waals surface area contributed by atoms with E-state index in [2.05, 4.69) is 25.1 Å². The summed E-state index contributed by atoms with van der Waals surface area (Å²) in [6.45, 7) is 3.96. The van der Waals surface area contributed by atoms with E-state index in [0.29, 0.717) is 5.82 Å². The molecule has 0 radical (unpaired) electrons. The average Bonchev–Trinajstić information content (AvgIpc) is 2.48. The first-order chi connectivity index (χ1) is 9.74. The fourth-order valence-corrected chi connectivity index (χ4v) is 2.03. The largest absolute Gasteiger partial charge is 0.258 e. The summed E-state index contributed by atoms with van der Waals surface area (Å²) in [5.41, 5.74) is 4.68. The van der Waals surface area contributed by atoms with Crippen molar-refractivity contribution in [2.24, 2.45) is 0 Å². The second-order valence-electron chi connectivity index (χ2n) is 4.48. The van der Waals surface area contributed by atoms with Crippen LogP contribution < -0.4 is 0 Å². The molecule has 3 heterocycles. The second-order valence-corrected chi connectivity index (χ2v) is 4.48. The normalized spacial score (nSPS) is 10.5. The van der Waals surface area contributed by atoms with Gasteiger partial charge in [0.15, 0.2) is 5.82 Å². The van der Waals surface area contributed by atoms with Crippen LogP contribution in [0.15, 0.2) is 42.9 Å². The van der Waals surface area contributed by atoms with Crippen LogP contribution in [-0.4, -0.2) is 25.1 Å². The Morgan fingerprint density at radius 2 is 1.75 bits per heavy atom. The van der Waals surface area contributed by atoms with Gasteiger partial charge in [0, 0.05) is 28.7 Å². The maximum absolute atomic E-state index is 4.58. The zero-order valence-electron chi connectivity index (χ0n) is 11.3. The molecule has 0 atom stereocenters. The van der Waals surface area contributed by atoms with Gasteiger partial charge in [-0.3, -0.25) is 4.98 Å². The SMILES string of the molecule is Cc1ccc(-c2ccnc(-c3ccnnc3)n2)c(C)n1.